The van der Waals surface area contributed by atoms with Gasteiger partial charge in [-0.05, 0) is 29.7 Å². The Morgan fingerprint density at radius 1 is 0.958 bits per heavy atom. The van der Waals surface area contributed by atoms with Crippen LogP contribution in [0.15, 0.2) is 48.5 Å². The molecule has 0 aliphatic carbocycles. The molecule has 1 aliphatic heterocycles. The zero-order chi connectivity index (χ0) is 16.9. The van der Waals surface area contributed by atoms with E-state index in [2.05, 4.69) is 36.1 Å². The van der Waals surface area contributed by atoms with Crippen molar-refractivity contribution in [3.8, 4) is 0 Å². The zero-order valence-corrected chi connectivity index (χ0v) is 14.0. The molecule has 0 unspecified atom stereocenters. The molecule has 1 amide bonds. The van der Waals surface area contributed by atoms with Crippen molar-refractivity contribution in [2.75, 3.05) is 26.2 Å². The highest BCUT2D eigenvalue weighted by molar-refractivity contribution is 5.94. The predicted molar refractivity (Wildman–Crippen MR) is 93.4 cm³/mol. The molecule has 4 heteroatoms. The van der Waals surface area contributed by atoms with Crippen molar-refractivity contribution in [1.82, 2.24) is 9.80 Å². The second kappa shape index (κ2) is 7.58. The van der Waals surface area contributed by atoms with Gasteiger partial charge in [-0.2, -0.15) is 0 Å². The van der Waals surface area contributed by atoms with Crippen LogP contribution in [0.1, 0.15) is 28.4 Å². The van der Waals surface area contributed by atoms with Crippen LogP contribution in [0.4, 0.5) is 4.39 Å². The van der Waals surface area contributed by atoms with E-state index in [1.807, 2.05) is 0 Å². The predicted octanol–water partition coefficient (Wildman–Crippen LogP) is 3.35. The van der Waals surface area contributed by atoms with E-state index in [1.165, 1.54) is 17.2 Å². The minimum absolute atomic E-state index is 0.168. The third-order valence-corrected chi connectivity index (χ3v) is 4.60. The van der Waals surface area contributed by atoms with Gasteiger partial charge in [0.2, 0.25) is 0 Å². The van der Waals surface area contributed by atoms with Gasteiger partial charge in [0.1, 0.15) is 5.82 Å². The first-order valence-corrected chi connectivity index (χ1v) is 8.51. The highest BCUT2D eigenvalue weighted by atomic mass is 19.1. The number of piperazine rings is 1. The Labute approximate surface area is 142 Å². The quantitative estimate of drug-likeness (QED) is 0.860. The maximum absolute atomic E-state index is 13.8. The first-order valence-electron chi connectivity index (χ1n) is 8.51. The van der Waals surface area contributed by atoms with Crippen molar-refractivity contribution in [2.24, 2.45) is 0 Å². The molecule has 0 saturated carbocycles. The number of halogens is 1. The Hall–Kier alpha value is -2.20. The number of hydrogen-bond acceptors (Lipinski definition) is 2. The van der Waals surface area contributed by atoms with E-state index in [0.717, 1.165) is 26.1 Å². The number of benzene rings is 2. The van der Waals surface area contributed by atoms with Crippen LogP contribution in [-0.2, 0) is 13.0 Å². The lowest BCUT2D eigenvalue weighted by Gasteiger charge is -2.34. The van der Waals surface area contributed by atoms with E-state index in [4.69, 9.17) is 0 Å². The minimum atomic E-state index is -0.444. The molecule has 0 atom stereocenters. The van der Waals surface area contributed by atoms with Crippen molar-refractivity contribution in [1.29, 1.82) is 0 Å². The molecule has 3 rings (SSSR count). The number of nitrogens with zero attached hydrogens (tertiary/aromatic N) is 2. The van der Waals surface area contributed by atoms with Crippen molar-refractivity contribution >= 4 is 5.91 Å². The van der Waals surface area contributed by atoms with E-state index in [1.54, 1.807) is 23.1 Å². The van der Waals surface area contributed by atoms with Gasteiger partial charge in [-0.1, -0.05) is 43.3 Å². The fourth-order valence-corrected chi connectivity index (χ4v) is 3.05. The topological polar surface area (TPSA) is 23.6 Å². The van der Waals surface area contributed by atoms with Crippen LogP contribution >= 0.6 is 0 Å². The van der Waals surface area contributed by atoms with Gasteiger partial charge < -0.3 is 4.90 Å². The molecule has 126 valence electrons. The lowest BCUT2D eigenvalue weighted by molar-refractivity contribution is 0.0624. The molecule has 2 aromatic rings. The molecule has 0 N–H and O–H groups in total. The molecule has 0 spiro atoms. The monoisotopic (exact) mass is 326 g/mol. The fourth-order valence-electron chi connectivity index (χ4n) is 3.05. The maximum atomic E-state index is 13.8. The first-order chi connectivity index (χ1) is 11.7. The lowest BCUT2D eigenvalue weighted by atomic mass is 10.1. The average molecular weight is 326 g/mol. The smallest absolute Gasteiger partial charge is 0.256 e. The Kier molecular flexibility index (Phi) is 5.26. The normalized spacial score (nSPS) is 15.5. The van der Waals surface area contributed by atoms with Crippen molar-refractivity contribution in [3.05, 3.63) is 71.0 Å². The number of amides is 1. The molecule has 3 nitrogen and oxygen atoms in total. The van der Waals surface area contributed by atoms with E-state index in [9.17, 15) is 9.18 Å². The first kappa shape index (κ1) is 16.7. The fraction of sp³-hybridized carbons (Fsp3) is 0.350. The van der Waals surface area contributed by atoms with Gasteiger partial charge >= 0.3 is 0 Å². The van der Waals surface area contributed by atoms with Crippen LogP contribution in [0.3, 0.4) is 0 Å². The summed E-state index contributed by atoms with van der Waals surface area (Å²) in [6.45, 7) is 5.96. The maximum Gasteiger partial charge on any atom is 0.256 e. The van der Waals surface area contributed by atoms with Gasteiger partial charge in [-0.3, -0.25) is 9.69 Å². The summed E-state index contributed by atoms with van der Waals surface area (Å²) in [5, 5.41) is 0. The molecule has 1 heterocycles. The van der Waals surface area contributed by atoms with Crippen LogP contribution in [0.25, 0.3) is 0 Å². The molecule has 0 aromatic heterocycles. The zero-order valence-electron chi connectivity index (χ0n) is 14.0. The van der Waals surface area contributed by atoms with E-state index in [0.29, 0.717) is 13.1 Å². The third kappa shape index (κ3) is 3.82. The SMILES string of the molecule is CCc1ccc(CN2CCN(C(=O)c3ccccc3F)CC2)cc1. The molecule has 1 fully saturated rings. The summed E-state index contributed by atoms with van der Waals surface area (Å²) < 4.78 is 13.8. The Morgan fingerprint density at radius 3 is 2.21 bits per heavy atom. The molecule has 24 heavy (non-hydrogen) atoms. The second-order valence-corrected chi connectivity index (χ2v) is 6.22. The number of carbonyl (C=O) groups is 1. The van der Waals surface area contributed by atoms with Gasteiger partial charge in [0.15, 0.2) is 0 Å². The number of rotatable bonds is 4. The van der Waals surface area contributed by atoms with Crippen LogP contribution in [0.5, 0.6) is 0 Å². The Bertz CT molecular complexity index is 691. The lowest BCUT2D eigenvalue weighted by Crippen LogP contribution is -2.48. The Morgan fingerprint density at radius 2 is 1.58 bits per heavy atom. The van der Waals surface area contributed by atoms with E-state index >= 15 is 0 Å². The summed E-state index contributed by atoms with van der Waals surface area (Å²) in [6.07, 6.45) is 1.05. The molecular formula is C20H23FN2O. The van der Waals surface area contributed by atoms with Crippen molar-refractivity contribution in [2.45, 2.75) is 19.9 Å². The van der Waals surface area contributed by atoms with E-state index < -0.39 is 5.82 Å². The third-order valence-electron chi connectivity index (χ3n) is 4.60. The highest BCUT2D eigenvalue weighted by Gasteiger charge is 2.23. The number of aryl methyl sites for hydroxylation is 1. The van der Waals surface area contributed by atoms with Crippen LogP contribution < -0.4 is 0 Å². The summed E-state index contributed by atoms with van der Waals surface area (Å²) >= 11 is 0. The van der Waals surface area contributed by atoms with Gasteiger partial charge in [-0.25, -0.2) is 4.39 Å². The van der Waals surface area contributed by atoms with Crippen LogP contribution in [0, 0.1) is 5.82 Å². The van der Waals surface area contributed by atoms with Crippen LogP contribution in [0.2, 0.25) is 0 Å². The highest BCUT2D eigenvalue weighted by Crippen LogP contribution is 2.14. The van der Waals surface area contributed by atoms with Gasteiger partial charge in [0.25, 0.3) is 5.91 Å². The molecule has 2 aromatic carbocycles. The summed E-state index contributed by atoms with van der Waals surface area (Å²) in [5.41, 5.74) is 2.81. The summed E-state index contributed by atoms with van der Waals surface area (Å²) in [5.74, 6) is -0.652. The van der Waals surface area contributed by atoms with Crippen LogP contribution in [-0.4, -0.2) is 41.9 Å². The summed E-state index contributed by atoms with van der Waals surface area (Å²) in [7, 11) is 0. The van der Waals surface area contributed by atoms with E-state index in [-0.39, 0.29) is 11.5 Å². The molecule has 0 bridgehead atoms. The summed E-state index contributed by atoms with van der Waals surface area (Å²) in [6, 6.07) is 14.9. The second-order valence-electron chi connectivity index (χ2n) is 6.22. The van der Waals surface area contributed by atoms with Gasteiger partial charge in [0, 0.05) is 32.7 Å². The number of carbonyl (C=O) groups excluding carboxylic acids is 1. The minimum Gasteiger partial charge on any atom is -0.336 e. The standard InChI is InChI=1S/C20H23FN2O/c1-2-16-7-9-17(10-8-16)15-22-11-13-23(14-12-22)20(24)18-5-3-4-6-19(18)21/h3-10H,2,11-15H2,1H3. The largest absolute Gasteiger partial charge is 0.336 e. The van der Waals surface area contributed by atoms with Crippen molar-refractivity contribution < 1.29 is 9.18 Å². The molecular weight excluding hydrogens is 303 g/mol. The van der Waals surface area contributed by atoms with Gasteiger partial charge in [-0.15, -0.1) is 0 Å². The molecule has 1 saturated heterocycles. The summed E-state index contributed by atoms with van der Waals surface area (Å²) in [4.78, 5) is 16.5. The Balaban J connectivity index is 1.55. The number of hydrogen-bond donors (Lipinski definition) is 0. The van der Waals surface area contributed by atoms with Crippen molar-refractivity contribution in [3.63, 3.8) is 0 Å². The van der Waals surface area contributed by atoms with Gasteiger partial charge in [0.05, 0.1) is 5.56 Å². The molecule has 1 aliphatic rings. The molecule has 0 radical (unpaired) electrons. The average Bonchev–Trinajstić information content (AvgIpc) is 2.63.